The van der Waals surface area contributed by atoms with E-state index in [0.29, 0.717) is 6.54 Å². The molecule has 1 N–H and O–H groups in total. The Morgan fingerprint density at radius 2 is 2.00 bits per heavy atom. The normalized spacial score (nSPS) is 22.0. The van der Waals surface area contributed by atoms with Gasteiger partial charge in [-0.15, -0.1) is 0 Å². The molecule has 2 fully saturated rings. The fourth-order valence-electron chi connectivity index (χ4n) is 4.37. The van der Waals surface area contributed by atoms with Crippen LogP contribution in [0.1, 0.15) is 24.1 Å². The SMILES string of the molecule is O=C(NCc1ccncc1)C1CN(Cc2ccccn2)CC12CCOCC2. The third kappa shape index (κ3) is 4.17. The van der Waals surface area contributed by atoms with Gasteiger partial charge in [0.15, 0.2) is 0 Å². The average Bonchev–Trinajstić information content (AvgIpc) is 3.05. The second-order valence-corrected chi connectivity index (χ2v) is 7.59. The Kier molecular flexibility index (Phi) is 5.45. The number of nitrogens with one attached hydrogen (secondary N) is 1. The fraction of sp³-hybridized carbons (Fsp3) is 0.476. The molecule has 1 unspecified atom stereocenters. The molecule has 6 heteroatoms. The summed E-state index contributed by atoms with van der Waals surface area (Å²) in [6.45, 7) is 4.53. The van der Waals surface area contributed by atoms with Crippen LogP contribution in [0.5, 0.6) is 0 Å². The lowest BCUT2D eigenvalue weighted by atomic mass is 9.71. The number of likely N-dealkylation sites (tertiary alicyclic amines) is 1. The van der Waals surface area contributed by atoms with Gasteiger partial charge in [-0.1, -0.05) is 6.07 Å². The fourth-order valence-corrected chi connectivity index (χ4v) is 4.37. The maximum Gasteiger partial charge on any atom is 0.225 e. The van der Waals surface area contributed by atoms with E-state index in [2.05, 4.69) is 20.2 Å². The maximum absolute atomic E-state index is 13.1. The van der Waals surface area contributed by atoms with Crippen molar-refractivity contribution >= 4 is 5.91 Å². The molecular weight excluding hydrogens is 340 g/mol. The van der Waals surface area contributed by atoms with Gasteiger partial charge in [-0.25, -0.2) is 0 Å². The predicted octanol–water partition coefficient (Wildman–Crippen LogP) is 2.02. The number of nitrogens with zero attached hydrogens (tertiary/aromatic N) is 3. The Labute approximate surface area is 160 Å². The highest BCUT2D eigenvalue weighted by Gasteiger charge is 2.50. The number of amides is 1. The minimum absolute atomic E-state index is 0.00745. The van der Waals surface area contributed by atoms with Gasteiger partial charge in [0.05, 0.1) is 11.6 Å². The van der Waals surface area contributed by atoms with Crippen molar-refractivity contribution in [2.75, 3.05) is 26.3 Å². The second-order valence-electron chi connectivity index (χ2n) is 7.59. The van der Waals surface area contributed by atoms with Crippen LogP contribution in [-0.4, -0.2) is 47.1 Å². The van der Waals surface area contributed by atoms with E-state index in [9.17, 15) is 4.79 Å². The van der Waals surface area contributed by atoms with E-state index in [-0.39, 0.29) is 17.2 Å². The number of ether oxygens (including phenoxy) is 1. The molecule has 2 aromatic rings. The minimum atomic E-state index is -0.00745. The number of pyridine rings is 2. The zero-order valence-electron chi connectivity index (χ0n) is 15.5. The summed E-state index contributed by atoms with van der Waals surface area (Å²) >= 11 is 0. The Balaban J connectivity index is 1.45. The van der Waals surface area contributed by atoms with E-state index in [1.165, 1.54) is 0 Å². The Morgan fingerprint density at radius 3 is 2.74 bits per heavy atom. The Bertz CT molecular complexity index is 747. The molecule has 0 bridgehead atoms. The van der Waals surface area contributed by atoms with Crippen molar-refractivity contribution in [3.8, 4) is 0 Å². The molecule has 4 rings (SSSR count). The van der Waals surface area contributed by atoms with Crippen LogP contribution in [0.4, 0.5) is 0 Å². The first-order valence-electron chi connectivity index (χ1n) is 9.62. The first-order valence-corrected chi connectivity index (χ1v) is 9.62. The van der Waals surface area contributed by atoms with Crippen LogP contribution in [0.2, 0.25) is 0 Å². The summed E-state index contributed by atoms with van der Waals surface area (Å²) in [4.78, 5) is 23.9. The molecule has 4 heterocycles. The third-order valence-electron chi connectivity index (χ3n) is 5.85. The molecule has 2 aliphatic heterocycles. The molecule has 2 aliphatic rings. The number of hydrogen-bond acceptors (Lipinski definition) is 5. The second kappa shape index (κ2) is 8.15. The van der Waals surface area contributed by atoms with E-state index in [1.54, 1.807) is 12.4 Å². The van der Waals surface area contributed by atoms with Gasteiger partial charge < -0.3 is 10.1 Å². The van der Waals surface area contributed by atoms with Gasteiger partial charge in [0, 0.05) is 63.4 Å². The highest BCUT2D eigenvalue weighted by molar-refractivity contribution is 5.80. The molecule has 0 radical (unpaired) electrons. The summed E-state index contributed by atoms with van der Waals surface area (Å²) in [6.07, 6.45) is 7.23. The summed E-state index contributed by atoms with van der Waals surface area (Å²) in [5, 5.41) is 3.15. The van der Waals surface area contributed by atoms with Gasteiger partial charge in [0.25, 0.3) is 0 Å². The van der Waals surface area contributed by atoms with Crippen LogP contribution in [-0.2, 0) is 22.6 Å². The quantitative estimate of drug-likeness (QED) is 0.877. The number of rotatable bonds is 5. The molecule has 27 heavy (non-hydrogen) atoms. The van der Waals surface area contributed by atoms with Crippen molar-refractivity contribution in [3.63, 3.8) is 0 Å². The first-order chi connectivity index (χ1) is 13.3. The van der Waals surface area contributed by atoms with Gasteiger partial charge in [0.2, 0.25) is 5.91 Å². The standard InChI is InChI=1S/C21H26N4O2/c26-20(24-13-17-4-9-22-10-5-17)19-15-25(14-18-3-1-2-8-23-18)16-21(19)6-11-27-12-7-21/h1-5,8-10,19H,6-7,11-16H2,(H,24,26). The molecule has 2 aromatic heterocycles. The molecule has 0 aliphatic carbocycles. The smallest absolute Gasteiger partial charge is 0.225 e. The van der Waals surface area contributed by atoms with E-state index in [1.807, 2.05) is 36.5 Å². The zero-order chi connectivity index (χ0) is 18.5. The Morgan fingerprint density at radius 1 is 1.19 bits per heavy atom. The first kappa shape index (κ1) is 18.1. The van der Waals surface area contributed by atoms with E-state index in [4.69, 9.17) is 4.74 Å². The molecule has 1 amide bonds. The summed E-state index contributed by atoms with van der Waals surface area (Å²) in [5.41, 5.74) is 2.13. The van der Waals surface area contributed by atoms with Gasteiger partial charge in [-0.2, -0.15) is 0 Å². The molecule has 0 saturated carbocycles. The van der Waals surface area contributed by atoms with Gasteiger partial charge in [0.1, 0.15) is 0 Å². The summed E-state index contributed by atoms with van der Waals surface area (Å²) in [5.74, 6) is 0.143. The predicted molar refractivity (Wildman–Crippen MR) is 102 cm³/mol. The molecule has 0 aromatic carbocycles. The maximum atomic E-state index is 13.1. The highest BCUT2D eigenvalue weighted by Crippen LogP contribution is 2.44. The van der Waals surface area contributed by atoms with Gasteiger partial charge >= 0.3 is 0 Å². The van der Waals surface area contributed by atoms with Crippen molar-refractivity contribution in [1.82, 2.24) is 20.2 Å². The minimum Gasteiger partial charge on any atom is -0.381 e. The lowest BCUT2D eigenvalue weighted by Crippen LogP contribution is -2.44. The molecule has 2 saturated heterocycles. The van der Waals surface area contributed by atoms with Crippen molar-refractivity contribution in [2.24, 2.45) is 11.3 Å². The van der Waals surface area contributed by atoms with E-state index >= 15 is 0 Å². The number of aromatic nitrogens is 2. The lowest BCUT2D eigenvalue weighted by Gasteiger charge is -2.37. The summed E-state index contributed by atoms with van der Waals surface area (Å²) in [7, 11) is 0. The van der Waals surface area contributed by atoms with Gasteiger partial charge in [-0.05, 0) is 42.7 Å². The summed E-state index contributed by atoms with van der Waals surface area (Å²) < 4.78 is 5.60. The molecule has 6 nitrogen and oxygen atoms in total. The Hall–Kier alpha value is -2.31. The van der Waals surface area contributed by atoms with Crippen LogP contribution < -0.4 is 5.32 Å². The van der Waals surface area contributed by atoms with Crippen molar-refractivity contribution < 1.29 is 9.53 Å². The molecule has 142 valence electrons. The number of carbonyl (C=O) groups excluding carboxylic acids is 1. The van der Waals surface area contributed by atoms with Crippen LogP contribution in [0.15, 0.2) is 48.9 Å². The van der Waals surface area contributed by atoms with E-state index < -0.39 is 0 Å². The van der Waals surface area contributed by atoms with Crippen LogP contribution >= 0.6 is 0 Å². The zero-order valence-corrected chi connectivity index (χ0v) is 15.5. The molecule has 1 atom stereocenters. The third-order valence-corrected chi connectivity index (χ3v) is 5.85. The number of hydrogen-bond donors (Lipinski definition) is 1. The van der Waals surface area contributed by atoms with Gasteiger partial charge in [-0.3, -0.25) is 19.7 Å². The van der Waals surface area contributed by atoms with E-state index in [0.717, 1.165) is 56.9 Å². The van der Waals surface area contributed by atoms with Crippen LogP contribution in [0, 0.1) is 11.3 Å². The van der Waals surface area contributed by atoms with Crippen LogP contribution in [0.25, 0.3) is 0 Å². The monoisotopic (exact) mass is 366 g/mol. The van der Waals surface area contributed by atoms with Crippen LogP contribution in [0.3, 0.4) is 0 Å². The lowest BCUT2D eigenvalue weighted by molar-refractivity contribution is -0.130. The largest absolute Gasteiger partial charge is 0.381 e. The topological polar surface area (TPSA) is 67.4 Å². The molecule has 1 spiro atoms. The highest BCUT2D eigenvalue weighted by atomic mass is 16.5. The van der Waals surface area contributed by atoms with Crippen molar-refractivity contribution in [2.45, 2.75) is 25.9 Å². The molecular formula is C21H26N4O2. The van der Waals surface area contributed by atoms with Crippen molar-refractivity contribution in [3.05, 3.63) is 60.2 Å². The average molecular weight is 366 g/mol. The van der Waals surface area contributed by atoms with Crippen molar-refractivity contribution in [1.29, 1.82) is 0 Å². The number of carbonyl (C=O) groups is 1. The summed E-state index contributed by atoms with van der Waals surface area (Å²) in [6, 6.07) is 9.87.